The summed E-state index contributed by atoms with van der Waals surface area (Å²) in [7, 11) is -3.13. The van der Waals surface area contributed by atoms with Crippen LogP contribution in [0.4, 0.5) is 0 Å². The van der Waals surface area contributed by atoms with Crippen molar-refractivity contribution in [2.75, 3.05) is 24.7 Å². The maximum atomic E-state index is 12.9. The van der Waals surface area contributed by atoms with E-state index in [1.165, 1.54) is 11.3 Å². The van der Waals surface area contributed by atoms with Gasteiger partial charge in [-0.1, -0.05) is 32.0 Å². The summed E-state index contributed by atoms with van der Waals surface area (Å²) in [5, 5.41) is 5.43. The molecule has 0 saturated carbocycles. The average molecular weight is 490 g/mol. The van der Waals surface area contributed by atoms with Crippen LogP contribution < -0.4 is 0 Å². The van der Waals surface area contributed by atoms with Gasteiger partial charge >= 0.3 is 5.97 Å². The molecule has 0 unspecified atom stereocenters. The van der Waals surface area contributed by atoms with Gasteiger partial charge in [0.15, 0.2) is 16.4 Å². The zero-order valence-electron chi connectivity index (χ0n) is 18.9. The molecule has 3 aromatic rings. The molecule has 1 amide bonds. The fourth-order valence-electron chi connectivity index (χ4n) is 4.04. The molecular formula is C23H27N3O5S2. The van der Waals surface area contributed by atoms with Crippen LogP contribution in [0.15, 0.2) is 36.4 Å². The minimum atomic E-state index is -3.13. The Labute approximate surface area is 197 Å². The van der Waals surface area contributed by atoms with Gasteiger partial charge in [-0.25, -0.2) is 17.9 Å². The van der Waals surface area contributed by atoms with E-state index in [0.29, 0.717) is 17.8 Å². The summed E-state index contributed by atoms with van der Waals surface area (Å²) in [4.78, 5) is 28.4. The fraction of sp³-hybridized carbons (Fsp3) is 0.435. The van der Waals surface area contributed by atoms with E-state index >= 15 is 0 Å². The highest BCUT2D eigenvalue weighted by molar-refractivity contribution is 7.91. The molecule has 0 aliphatic carbocycles. The molecule has 1 aliphatic heterocycles. The highest BCUT2D eigenvalue weighted by Gasteiger charge is 2.35. The van der Waals surface area contributed by atoms with E-state index in [1.54, 1.807) is 15.6 Å². The lowest BCUT2D eigenvalue weighted by molar-refractivity contribution is -0.137. The Bertz CT molecular complexity index is 1280. The molecule has 33 heavy (non-hydrogen) atoms. The Hall–Kier alpha value is -2.72. The molecule has 0 radical (unpaired) electrons. The summed E-state index contributed by atoms with van der Waals surface area (Å²) < 4.78 is 30.9. The Kier molecular flexibility index (Phi) is 6.58. The van der Waals surface area contributed by atoms with Crippen LogP contribution in [0.2, 0.25) is 0 Å². The van der Waals surface area contributed by atoms with E-state index in [9.17, 15) is 18.0 Å². The van der Waals surface area contributed by atoms with Gasteiger partial charge in [-0.3, -0.25) is 4.79 Å². The van der Waals surface area contributed by atoms with Crippen molar-refractivity contribution in [3.05, 3.63) is 47.0 Å². The third kappa shape index (κ3) is 5.11. The van der Waals surface area contributed by atoms with Crippen molar-refractivity contribution in [1.29, 1.82) is 0 Å². The first-order chi connectivity index (χ1) is 15.6. The molecule has 3 heterocycles. The number of nitrogens with zero attached hydrogens (tertiary/aromatic N) is 3. The molecular weight excluding hydrogens is 462 g/mol. The molecule has 2 aromatic heterocycles. The van der Waals surface area contributed by atoms with Crippen LogP contribution in [-0.4, -0.2) is 65.7 Å². The number of carbonyl (C=O) groups excluding carboxylic acids is 2. The number of hydrogen-bond donors (Lipinski definition) is 0. The minimum absolute atomic E-state index is 0.0367. The normalized spacial score (nSPS) is 17.5. The number of aryl methyl sites for hydroxylation is 1. The van der Waals surface area contributed by atoms with Crippen LogP contribution in [-0.2, 0) is 19.4 Å². The lowest BCUT2D eigenvalue weighted by atomic mass is 10.1. The lowest BCUT2D eigenvalue weighted by Crippen LogP contribution is -2.45. The van der Waals surface area contributed by atoms with Crippen LogP contribution in [0.25, 0.3) is 15.9 Å². The Balaban J connectivity index is 1.48. The SMILES string of the molecule is Cc1nn(-c2ccccc2)c2sc(C(=O)OCC(=O)N(CC(C)C)[C@H]3CCS(=O)(=O)C3)cc12. The monoisotopic (exact) mass is 489 g/mol. The van der Waals surface area contributed by atoms with Crippen molar-refractivity contribution in [1.82, 2.24) is 14.7 Å². The van der Waals surface area contributed by atoms with Crippen molar-refractivity contribution >= 4 is 43.3 Å². The van der Waals surface area contributed by atoms with Gasteiger partial charge in [0.25, 0.3) is 5.91 Å². The third-order valence-corrected chi connectivity index (χ3v) is 8.45. The molecule has 0 bridgehead atoms. The number of hydrogen-bond acceptors (Lipinski definition) is 7. The molecule has 1 aliphatic rings. The van der Waals surface area contributed by atoms with Gasteiger partial charge in [0.05, 0.1) is 22.9 Å². The lowest BCUT2D eigenvalue weighted by Gasteiger charge is -2.29. The maximum absolute atomic E-state index is 12.9. The third-order valence-electron chi connectivity index (χ3n) is 5.60. The zero-order valence-corrected chi connectivity index (χ0v) is 20.5. The molecule has 10 heteroatoms. The van der Waals surface area contributed by atoms with Crippen LogP contribution in [0, 0.1) is 12.8 Å². The highest BCUT2D eigenvalue weighted by atomic mass is 32.2. The molecule has 0 N–H and O–H groups in total. The van der Waals surface area contributed by atoms with E-state index < -0.39 is 22.4 Å². The predicted molar refractivity (Wildman–Crippen MR) is 128 cm³/mol. The number of sulfone groups is 1. The number of carbonyl (C=O) groups is 2. The van der Waals surface area contributed by atoms with Crippen molar-refractivity contribution in [3.8, 4) is 5.69 Å². The van der Waals surface area contributed by atoms with E-state index in [4.69, 9.17) is 4.74 Å². The molecule has 4 rings (SSSR count). The quantitative estimate of drug-likeness (QED) is 0.473. The highest BCUT2D eigenvalue weighted by Crippen LogP contribution is 2.31. The summed E-state index contributed by atoms with van der Waals surface area (Å²) in [5.41, 5.74) is 1.69. The number of benzene rings is 1. The first-order valence-corrected chi connectivity index (χ1v) is 13.5. The largest absolute Gasteiger partial charge is 0.451 e. The average Bonchev–Trinajstić information content (AvgIpc) is 3.45. The van der Waals surface area contributed by atoms with E-state index in [-0.39, 0.29) is 29.4 Å². The van der Waals surface area contributed by atoms with Crippen molar-refractivity contribution in [3.63, 3.8) is 0 Å². The second-order valence-electron chi connectivity index (χ2n) is 8.74. The number of rotatable bonds is 7. The molecule has 1 atom stereocenters. The Morgan fingerprint density at radius 3 is 2.64 bits per heavy atom. The molecule has 176 valence electrons. The molecule has 8 nitrogen and oxygen atoms in total. The summed E-state index contributed by atoms with van der Waals surface area (Å²) in [5.74, 6) is -0.734. The van der Waals surface area contributed by atoms with Crippen LogP contribution in [0.5, 0.6) is 0 Å². The smallest absolute Gasteiger partial charge is 0.348 e. The molecule has 0 spiro atoms. The second-order valence-corrected chi connectivity index (χ2v) is 12.0. The fourth-order valence-corrected chi connectivity index (χ4v) is 6.85. The number of esters is 1. The van der Waals surface area contributed by atoms with Gasteiger partial charge in [0, 0.05) is 18.0 Å². The van der Waals surface area contributed by atoms with Gasteiger partial charge in [0.2, 0.25) is 0 Å². The number of ether oxygens (including phenoxy) is 1. The topological polar surface area (TPSA) is 98.6 Å². The predicted octanol–water partition coefficient (Wildman–Crippen LogP) is 3.22. The van der Waals surface area contributed by atoms with Crippen molar-refractivity contribution in [2.24, 2.45) is 5.92 Å². The Morgan fingerprint density at radius 2 is 2.00 bits per heavy atom. The molecule has 1 saturated heterocycles. The van der Waals surface area contributed by atoms with Gasteiger partial charge in [-0.2, -0.15) is 5.10 Å². The summed E-state index contributed by atoms with van der Waals surface area (Å²) in [6, 6.07) is 11.0. The molecule has 1 fully saturated rings. The van der Waals surface area contributed by atoms with Crippen LogP contribution >= 0.6 is 11.3 Å². The summed E-state index contributed by atoms with van der Waals surface area (Å²) >= 11 is 1.27. The molecule has 1 aromatic carbocycles. The Morgan fingerprint density at radius 1 is 1.27 bits per heavy atom. The standard InChI is InChI=1S/C23H27N3O5S2/c1-15(2)12-25(18-9-10-33(29,30)14-18)21(27)13-31-23(28)20-11-19-16(3)24-26(22(19)32-20)17-7-5-4-6-8-17/h4-8,11,15,18H,9-10,12-14H2,1-3H3/t18-/m0/s1. The van der Waals surface area contributed by atoms with Crippen LogP contribution in [0.1, 0.15) is 35.6 Å². The number of thiophene rings is 1. The minimum Gasteiger partial charge on any atom is -0.451 e. The van der Waals surface area contributed by atoms with Crippen LogP contribution in [0.3, 0.4) is 0 Å². The van der Waals surface area contributed by atoms with E-state index in [2.05, 4.69) is 5.10 Å². The van der Waals surface area contributed by atoms with Gasteiger partial charge in [-0.05, 0) is 37.5 Å². The van der Waals surface area contributed by atoms with Gasteiger partial charge < -0.3 is 9.64 Å². The van der Waals surface area contributed by atoms with E-state index in [1.807, 2.05) is 51.1 Å². The van der Waals surface area contributed by atoms with Gasteiger partial charge in [-0.15, -0.1) is 11.3 Å². The van der Waals surface area contributed by atoms with Crippen molar-refractivity contribution < 1.29 is 22.7 Å². The number of amides is 1. The second kappa shape index (κ2) is 9.26. The maximum Gasteiger partial charge on any atom is 0.348 e. The number of aromatic nitrogens is 2. The first-order valence-electron chi connectivity index (χ1n) is 10.9. The van der Waals surface area contributed by atoms with E-state index in [0.717, 1.165) is 21.6 Å². The van der Waals surface area contributed by atoms with Gasteiger partial charge in [0.1, 0.15) is 9.71 Å². The number of para-hydroxylation sites is 1. The van der Waals surface area contributed by atoms with Crippen molar-refractivity contribution in [2.45, 2.75) is 33.2 Å². The number of fused-ring (bicyclic) bond motifs is 1. The summed E-state index contributed by atoms with van der Waals surface area (Å²) in [6.45, 7) is 5.81. The summed E-state index contributed by atoms with van der Waals surface area (Å²) in [6.07, 6.45) is 0.417. The first kappa shape index (κ1) is 23.4. The zero-order chi connectivity index (χ0) is 23.8.